The summed E-state index contributed by atoms with van der Waals surface area (Å²) in [7, 11) is 0. The van der Waals surface area contributed by atoms with Gasteiger partial charge in [0.25, 0.3) is 0 Å². The number of benzene rings is 1. The van der Waals surface area contributed by atoms with Gasteiger partial charge in [-0.2, -0.15) is 0 Å². The number of Topliss-reactive ketones (excluding diaryl/α,β-unsaturated/α-hetero) is 1. The van der Waals surface area contributed by atoms with E-state index in [2.05, 4.69) is 9.56 Å². The molecule has 0 spiro atoms. The Labute approximate surface area is 132 Å². The fourth-order valence-electron chi connectivity index (χ4n) is 3.30. The Hall–Kier alpha value is -2.67. The summed E-state index contributed by atoms with van der Waals surface area (Å²) in [5.74, 6) is 0.702. The first-order valence-electron chi connectivity index (χ1n) is 7.46. The lowest BCUT2D eigenvalue weighted by molar-refractivity contribution is -0.124. The summed E-state index contributed by atoms with van der Waals surface area (Å²) in [6.07, 6.45) is 0.513. The first-order chi connectivity index (χ1) is 11.1. The molecule has 1 aromatic heterocycles. The lowest BCUT2D eigenvalue weighted by atomic mass is 10.1. The van der Waals surface area contributed by atoms with E-state index in [4.69, 9.17) is 10.5 Å². The van der Waals surface area contributed by atoms with Gasteiger partial charge in [0.1, 0.15) is 5.82 Å². The van der Waals surface area contributed by atoms with E-state index in [-0.39, 0.29) is 12.3 Å². The van der Waals surface area contributed by atoms with E-state index in [0.717, 1.165) is 23.3 Å². The third kappa shape index (κ3) is 1.97. The molecule has 0 saturated carbocycles. The standard InChI is InChI=1S/C16H16N4O3/c1-9(21)15-13(8-17)20(16(22)23-15)11-2-3-12-10(6-11)7-14-18-4-5-19(12)14/h2-4,6-7,13,15H,5,8,17H2,1H3/t13?,15-/m1/s1. The number of amides is 1. The number of hydrogen-bond acceptors (Lipinski definition) is 5. The number of nitrogens with zero attached hydrogens (tertiary/aromatic N) is 3. The van der Waals surface area contributed by atoms with Crippen molar-refractivity contribution in [1.82, 2.24) is 4.57 Å². The number of aromatic nitrogens is 1. The summed E-state index contributed by atoms with van der Waals surface area (Å²) < 4.78 is 7.29. The van der Waals surface area contributed by atoms with E-state index in [1.165, 1.54) is 11.8 Å². The fraction of sp³-hybridized carbons (Fsp3) is 0.312. The number of aliphatic imine (C=N–C) groups is 1. The highest BCUT2D eigenvalue weighted by Gasteiger charge is 2.44. The molecule has 7 heteroatoms. The van der Waals surface area contributed by atoms with E-state index < -0.39 is 18.2 Å². The van der Waals surface area contributed by atoms with Gasteiger partial charge >= 0.3 is 6.09 Å². The predicted molar refractivity (Wildman–Crippen MR) is 86.4 cm³/mol. The average molecular weight is 312 g/mol. The van der Waals surface area contributed by atoms with Crippen molar-refractivity contribution in [3.05, 3.63) is 24.3 Å². The topological polar surface area (TPSA) is 89.9 Å². The molecule has 1 fully saturated rings. The van der Waals surface area contributed by atoms with E-state index in [1.54, 1.807) is 0 Å². The number of carbonyl (C=O) groups is 2. The van der Waals surface area contributed by atoms with Gasteiger partial charge in [0.05, 0.1) is 18.1 Å². The maximum absolute atomic E-state index is 12.2. The second-order valence-electron chi connectivity index (χ2n) is 5.76. The van der Waals surface area contributed by atoms with Crippen LogP contribution in [-0.4, -0.2) is 41.3 Å². The van der Waals surface area contributed by atoms with Gasteiger partial charge in [-0.3, -0.25) is 9.69 Å². The molecule has 1 saturated heterocycles. The molecule has 0 bridgehead atoms. The fourth-order valence-corrected chi connectivity index (χ4v) is 3.30. The highest BCUT2D eigenvalue weighted by Crippen LogP contribution is 2.34. The van der Waals surface area contributed by atoms with Gasteiger partial charge < -0.3 is 15.0 Å². The number of cyclic esters (lactones) is 1. The van der Waals surface area contributed by atoms with E-state index >= 15 is 0 Å². The number of carbonyl (C=O) groups excluding carboxylic acids is 2. The van der Waals surface area contributed by atoms with Crippen molar-refractivity contribution in [2.45, 2.75) is 25.6 Å². The number of ketones is 1. The SMILES string of the molecule is CC(=O)[C@H]1OC(=O)N(c2ccc3c(c2)cc2n3CC=N2)C1CN. The number of anilines is 1. The summed E-state index contributed by atoms with van der Waals surface area (Å²) in [4.78, 5) is 29.7. The van der Waals surface area contributed by atoms with Gasteiger partial charge in [0.2, 0.25) is 0 Å². The molecule has 23 heavy (non-hydrogen) atoms. The van der Waals surface area contributed by atoms with Gasteiger partial charge in [-0.15, -0.1) is 0 Å². The quantitative estimate of drug-likeness (QED) is 0.932. The Morgan fingerprint density at radius 1 is 1.43 bits per heavy atom. The summed E-state index contributed by atoms with van der Waals surface area (Å²) in [5.41, 5.74) is 7.51. The van der Waals surface area contributed by atoms with Gasteiger partial charge in [0.15, 0.2) is 11.9 Å². The third-order valence-electron chi connectivity index (χ3n) is 4.38. The second kappa shape index (κ2) is 4.92. The zero-order valence-electron chi connectivity index (χ0n) is 12.6. The second-order valence-corrected chi connectivity index (χ2v) is 5.76. The number of hydrogen-bond donors (Lipinski definition) is 1. The minimum atomic E-state index is -0.813. The first-order valence-corrected chi connectivity index (χ1v) is 7.46. The average Bonchev–Trinajstić information content (AvgIpc) is 3.18. The molecule has 1 unspecified atom stereocenters. The van der Waals surface area contributed by atoms with Crippen molar-refractivity contribution in [3.8, 4) is 0 Å². The van der Waals surface area contributed by atoms with Crippen molar-refractivity contribution < 1.29 is 14.3 Å². The van der Waals surface area contributed by atoms with Crippen molar-refractivity contribution >= 4 is 40.5 Å². The third-order valence-corrected chi connectivity index (χ3v) is 4.38. The normalized spacial score (nSPS) is 22.7. The molecular weight excluding hydrogens is 296 g/mol. The van der Waals surface area contributed by atoms with E-state index in [9.17, 15) is 9.59 Å². The molecule has 0 aliphatic carbocycles. The van der Waals surface area contributed by atoms with Crippen LogP contribution in [0.1, 0.15) is 6.92 Å². The van der Waals surface area contributed by atoms with E-state index in [0.29, 0.717) is 5.69 Å². The van der Waals surface area contributed by atoms with E-state index in [1.807, 2.05) is 30.5 Å². The summed E-state index contributed by atoms with van der Waals surface area (Å²) in [6.45, 7) is 2.32. The van der Waals surface area contributed by atoms with Crippen LogP contribution in [0.2, 0.25) is 0 Å². The molecule has 4 rings (SSSR count). The van der Waals surface area contributed by atoms with Crippen LogP contribution in [0.15, 0.2) is 29.3 Å². The monoisotopic (exact) mass is 312 g/mol. The molecule has 7 nitrogen and oxygen atoms in total. The Morgan fingerprint density at radius 2 is 2.26 bits per heavy atom. The zero-order chi connectivity index (χ0) is 16.1. The minimum Gasteiger partial charge on any atom is -0.436 e. The van der Waals surface area contributed by atoms with Crippen LogP contribution in [0.5, 0.6) is 0 Å². The van der Waals surface area contributed by atoms with Crippen LogP contribution in [0.25, 0.3) is 10.9 Å². The van der Waals surface area contributed by atoms with Crippen LogP contribution in [0.3, 0.4) is 0 Å². The number of fused-ring (bicyclic) bond motifs is 3. The Morgan fingerprint density at radius 3 is 3.00 bits per heavy atom. The Bertz CT molecular complexity index is 854. The molecule has 2 atom stereocenters. The molecule has 3 heterocycles. The number of rotatable bonds is 3. The van der Waals surface area contributed by atoms with Gasteiger partial charge in [-0.1, -0.05) is 0 Å². The molecule has 1 aromatic carbocycles. The zero-order valence-corrected chi connectivity index (χ0v) is 12.6. The molecule has 0 radical (unpaired) electrons. The molecule has 2 aromatic rings. The van der Waals surface area contributed by atoms with Gasteiger partial charge in [-0.25, -0.2) is 9.79 Å². The lowest BCUT2D eigenvalue weighted by Gasteiger charge is -2.22. The van der Waals surface area contributed by atoms with Crippen LogP contribution < -0.4 is 10.6 Å². The Balaban J connectivity index is 1.77. The Kier molecular flexibility index (Phi) is 2.99. The first kappa shape index (κ1) is 14.0. The van der Waals surface area contributed by atoms with Crippen molar-refractivity contribution in [2.24, 2.45) is 10.7 Å². The molecular formula is C16H16N4O3. The lowest BCUT2D eigenvalue weighted by Crippen LogP contribution is -2.44. The van der Waals surface area contributed by atoms with Gasteiger partial charge in [0, 0.05) is 23.8 Å². The maximum Gasteiger partial charge on any atom is 0.415 e. The highest BCUT2D eigenvalue weighted by atomic mass is 16.6. The van der Waals surface area contributed by atoms with Crippen LogP contribution >= 0.6 is 0 Å². The van der Waals surface area contributed by atoms with Crippen molar-refractivity contribution in [3.63, 3.8) is 0 Å². The maximum atomic E-state index is 12.2. The summed E-state index contributed by atoms with van der Waals surface area (Å²) >= 11 is 0. The largest absolute Gasteiger partial charge is 0.436 e. The predicted octanol–water partition coefficient (Wildman–Crippen LogP) is 1.60. The van der Waals surface area contributed by atoms with Crippen LogP contribution in [0, 0.1) is 0 Å². The number of nitrogens with two attached hydrogens (primary N) is 1. The molecule has 2 aliphatic heterocycles. The molecule has 2 aliphatic rings. The van der Waals surface area contributed by atoms with Crippen molar-refractivity contribution in [1.29, 1.82) is 0 Å². The molecule has 1 amide bonds. The molecule has 2 N–H and O–H groups in total. The summed E-state index contributed by atoms with van der Waals surface area (Å²) in [5, 5.41) is 0.990. The minimum absolute atomic E-state index is 0.157. The van der Waals surface area contributed by atoms with Gasteiger partial charge in [-0.05, 0) is 31.2 Å². The van der Waals surface area contributed by atoms with Crippen LogP contribution in [0.4, 0.5) is 16.3 Å². The summed E-state index contributed by atoms with van der Waals surface area (Å²) in [6, 6.07) is 7.20. The van der Waals surface area contributed by atoms with Crippen molar-refractivity contribution in [2.75, 3.05) is 11.4 Å². The van der Waals surface area contributed by atoms with Crippen LogP contribution in [-0.2, 0) is 16.1 Å². The molecule has 118 valence electrons. The number of ether oxygens (including phenoxy) is 1. The smallest absolute Gasteiger partial charge is 0.415 e. The highest BCUT2D eigenvalue weighted by molar-refractivity contribution is 5.99.